The Kier molecular flexibility index (Phi) is 2.37. The zero-order valence-corrected chi connectivity index (χ0v) is 9.17. The minimum absolute atomic E-state index is 0.0920. The molecule has 0 aromatic heterocycles. The third-order valence-electron chi connectivity index (χ3n) is 3.11. The van der Waals surface area contributed by atoms with E-state index >= 15 is 0 Å². The molecule has 2 aliphatic rings. The van der Waals surface area contributed by atoms with E-state index in [1.807, 2.05) is 0 Å². The molecule has 1 saturated carbocycles. The fourth-order valence-electron chi connectivity index (χ4n) is 2.37. The summed E-state index contributed by atoms with van der Waals surface area (Å²) in [6.45, 7) is 4.94. The van der Waals surface area contributed by atoms with Gasteiger partial charge in [-0.25, -0.2) is 0 Å². The molecule has 15 heavy (non-hydrogen) atoms. The summed E-state index contributed by atoms with van der Waals surface area (Å²) in [4.78, 5) is 0. The van der Waals surface area contributed by atoms with E-state index in [1.54, 1.807) is 13.8 Å². The summed E-state index contributed by atoms with van der Waals surface area (Å²) >= 11 is 0. The lowest BCUT2D eigenvalue weighted by atomic mass is 9.78. The predicted molar refractivity (Wildman–Crippen MR) is 51.1 cm³/mol. The highest BCUT2D eigenvalue weighted by Crippen LogP contribution is 2.40. The molecule has 5 nitrogen and oxygen atoms in total. The van der Waals surface area contributed by atoms with Crippen LogP contribution >= 0.6 is 0 Å². The molecule has 1 aliphatic carbocycles. The molecule has 1 heterocycles. The van der Waals surface area contributed by atoms with E-state index in [1.165, 1.54) is 6.92 Å². The molecule has 0 bridgehead atoms. The van der Waals surface area contributed by atoms with E-state index < -0.39 is 35.8 Å². The zero-order chi connectivity index (χ0) is 11.4. The summed E-state index contributed by atoms with van der Waals surface area (Å²) in [6.07, 6.45) is -2.98. The maximum Gasteiger partial charge on any atom is 0.164 e. The highest BCUT2D eigenvalue weighted by atomic mass is 16.8. The Balaban J connectivity index is 2.24. The van der Waals surface area contributed by atoms with Crippen molar-refractivity contribution in [3.63, 3.8) is 0 Å². The largest absolute Gasteiger partial charge is 0.390 e. The highest BCUT2D eigenvalue weighted by Gasteiger charge is 2.57. The second-order valence-corrected chi connectivity index (χ2v) is 5.14. The molecule has 3 N–H and O–H groups in total. The molecule has 1 saturated heterocycles. The monoisotopic (exact) mass is 218 g/mol. The molecule has 5 heteroatoms. The third kappa shape index (κ3) is 1.79. The molecule has 0 radical (unpaired) electrons. The molecule has 2 fully saturated rings. The van der Waals surface area contributed by atoms with Gasteiger partial charge in [0.1, 0.15) is 18.3 Å². The lowest BCUT2D eigenvalue weighted by molar-refractivity contribution is -0.183. The Bertz CT molecular complexity index is 263. The first kappa shape index (κ1) is 11.3. The van der Waals surface area contributed by atoms with Gasteiger partial charge in [-0.2, -0.15) is 0 Å². The lowest BCUT2D eigenvalue weighted by Crippen LogP contribution is -2.60. The zero-order valence-electron chi connectivity index (χ0n) is 9.17. The number of fused-ring (bicyclic) bond motifs is 1. The molecular formula is C10H18O5. The second kappa shape index (κ2) is 3.15. The van der Waals surface area contributed by atoms with Crippen molar-refractivity contribution in [2.75, 3.05) is 0 Å². The molecule has 88 valence electrons. The Labute approximate surface area is 88.6 Å². The van der Waals surface area contributed by atoms with Crippen LogP contribution in [0.4, 0.5) is 0 Å². The Hall–Kier alpha value is -0.200. The van der Waals surface area contributed by atoms with Crippen LogP contribution in [-0.2, 0) is 9.47 Å². The van der Waals surface area contributed by atoms with Gasteiger partial charge in [-0.3, -0.25) is 0 Å². The summed E-state index contributed by atoms with van der Waals surface area (Å²) in [5.41, 5.74) is -1.33. The summed E-state index contributed by atoms with van der Waals surface area (Å²) < 4.78 is 11.0. The normalized spacial score (nSPS) is 54.0. The van der Waals surface area contributed by atoms with Crippen molar-refractivity contribution < 1.29 is 24.8 Å². The topological polar surface area (TPSA) is 79.2 Å². The van der Waals surface area contributed by atoms with E-state index in [0.717, 1.165) is 0 Å². The maximum atomic E-state index is 9.89. The molecular weight excluding hydrogens is 200 g/mol. The van der Waals surface area contributed by atoms with Gasteiger partial charge in [-0.1, -0.05) is 0 Å². The van der Waals surface area contributed by atoms with Gasteiger partial charge in [0, 0.05) is 6.42 Å². The molecule has 0 aromatic rings. The van der Waals surface area contributed by atoms with E-state index in [-0.39, 0.29) is 6.42 Å². The summed E-state index contributed by atoms with van der Waals surface area (Å²) in [5.74, 6) is -0.822. The number of rotatable bonds is 0. The summed E-state index contributed by atoms with van der Waals surface area (Å²) in [7, 11) is 0. The fraction of sp³-hybridized carbons (Fsp3) is 1.00. The number of ether oxygens (including phenoxy) is 2. The van der Waals surface area contributed by atoms with Gasteiger partial charge in [0.15, 0.2) is 5.79 Å². The average Bonchev–Trinajstić information content (AvgIpc) is 2.37. The molecule has 0 spiro atoms. The van der Waals surface area contributed by atoms with Crippen LogP contribution in [-0.4, -0.2) is 51.1 Å². The van der Waals surface area contributed by atoms with Crippen LogP contribution < -0.4 is 0 Å². The van der Waals surface area contributed by atoms with Crippen molar-refractivity contribution in [1.82, 2.24) is 0 Å². The van der Waals surface area contributed by atoms with Gasteiger partial charge in [0.2, 0.25) is 0 Å². The molecule has 0 aromatic carbocycles. The smallest absolute Gasteiger partial charge is 0.164 e. The second-order valence-electron chi connectivity index (χ2n) is 5.14. The number of hydrogen-bond acceptors (Lipinski definition) is 5. The molecule has 5 atom stereocenters. The van der Waals surface area contributed by atoms with Crippen molar-refractivity contribution in [3.8, 4) is 0 Å². The minimum atomic E-state index is -1.33. The fourth-order valence-corrected chi connectivity index (χ4v) is 2.37. The summed E-state index contributed by atoms with van der Waals surface area (Å²) in [6, 6.07) is 0. The van der Waals surface area contributed by atoms with Crippen molar-refractivity contribution in [2.45, 2.75) is 63.0 Å². The van der Waals surface area contributed by atoms with E-state index in [9.17, 15) is 15.3 Å². The van der Waals surface area contributed by atoms with E-state index in [0.29, 0.717) is 0 Å². The molecule has 0 amide bonds. The van der Waals surface area contributed by atoms with Crippen LogP contribution in [0, 0.1) is 0 Å². The third-order valence-corrected chi connectivity index (χ3v) is 3.11. The van der Waals surface area contributed by atoms with Crippen molar-refractivity contribution in [1.29, 1.82) is 0 Å². The quantitative estimate of drug-likeness (QED) is 0.505. The molecule has 1 aliphatic heterocycles. The van der Waals surface area contributed by atoms with Gasteiger partial charge >= 0.3 is 0 Å². The standard InChI is InChI=1S/C10H18O5/c1-9(2)14-6-5(11)4-10(3,13)8(12)7(6)15-9/h5-8,11-13H,4H2,1-3H3/t5-,6-,7-,8+,10-/m1/s1. The lowest BCUT2D eigenvalue weighted by Gasteiger charge is -2.41. The minimum Gasteiger partial charge on any atom is -0.390 e. The Morgan fingerprint density at radius 3 is 2.20 bits per heavy atom. The van der Waals surface area contributed by atoms with Crippen LogP contribution in [0.25, 0.3) is 0 Å². The van der Waals surface area contributed by atoms with Crippen molar-refractivity contribution >= 4 is 0 Å². The first-order valence-electron chi connectivity index (χ1n) is 5.17. The van der Waals surface area contributed by atoms with Gasteiger partial charge in [-0.15, -0.1) is 0 Å². The number of aliphatic hydroxyl groups excluding tert-OH is 2. The van der Waals surface area contributed by atoms with E-state index in [4.69, 9.17) is 9.47 Å². The van der Waals surface area contributed by atoms with Gasteiger partial charge in [0.05, 0.1) is 11.7 Å². The predicted octanol–water partition coefficient (Wildman–Crippen LogP) is -0.617. The number of hydrogen-bond donors (Lipinski definition) is 3. The molecule has 0 unspecified atom stereocenters. The Morgan fingerprint density at radius 1 is 1.07 bits per heavy atom. The van der Waals surface area contributed by atoms with Crippen LogP contribution in [0.5, 0.6) is 0 Å². The average molecular weight is 218 g/mol. The summed E-state index contributed by atoms with van der Waals surface area (Å²) in [5, 5.41) is 29.6. The number of aliphatic hydroxyl groups is 3. The van der Waals surface area contributed by atoms with Crippen molar-refractivity contribution in [2.24, 2.45) is 0 Å². The first-order valence-corrected chi connectivity index (χ1v) is 5.17. The molecule has 2 rings (SSSR count). The van der Waals surface area contributed by atoms with Gasteiger partial charge in [0.25, 0.3) is 0 Å². The van der Waals surface area contributed by atoms with Crippen LogP contribution in [0.1, 0.15) is 27.2 Å². The van der Waals surface area contributed by atoms with Crippen LogP contribution in [0.15, 0.2) is 0 Å². The highest BCUT2D eigenvalue weighted by molar-refractivity contribution is 5.04. The van der Waals surface area contributed by atoms with Gasteiger partial charge < -0.3 is 24.8 Å². The maximum absolute atomic E-state index is 9.89. The van der Waals surface area contributed by atoms with Crippen LogP contribution in [0.2, 0.25) is 0 Å². The SMILES string of the molecule is CC1(C)O[C@@H]2[C@H](O1)[C@H](O)C[C@@](C)(O)[C@H]2O. The Morgan fingerprint density at radius 2 is 1.60 bits per heavy atom. The van der Waals surface area contributed by atoms with Crippen LogP contribution in [0.3, 0.4) is 0 Å². The van der Waals surface area contributed by atoms with Gasteiger partial charge in [-0.05, 0) is 20.8 Å². The van der Waals surface area contributed by atoms with Crippen molar-refractivity contribution in [3.05, 3.63) is 0 Å². The first-order chi connectivity index (χ1) is 6.73. The van der Waals surface area contributed by atoms with E-state index in [2.05, 4.69) is 0 Å².